The van der Waals surface area contributed by atoms with Gasteiger partial charge in [-0.1, -0.05) is 6.07 Å². The third kappa shape index (κ3) is 5.43. The molecule has 0 radical (unpaired) electrons. The average molecular weight is 398 g/mol. The molecule has 0 atom stereocenters. The van der Waals surface area contributed by atoms with Crippen LogP contribution in [0.15, 0.2) is 71.9 Å². The average Bonchev–Trinajstić information content (AvgIpc) is 2.68. The van der Waals surface area contributed by atoms with E-state index in [0.717, 1.165) is 11.4 Å². The quantitative estimate of drug-likeness (QED) is 0.601. The SMILES string of the molecule is CC(C)Oc1ccc(S(=O)(=O)Nc2ccc(NCc3ccccn3)cn2)cc1. The van der Waals surface area contributed by atoms with Gasteiger partial charge in [-0.2, -0.15) is 0 Å². The molecule has 2 aromatic heterocycles. The van der Waals surface area contributed by atoms with Gasteiger partial charge in [0, 0.05) is 6.20 Å². The van der Waals surface area contributed by atoms with Crippen LogP contribution in [-0.2, 0) is 16.6 Å². The number of hydrogen-bond donors (Lipinski definition) is 2. The molecule has 8 heteroatoms. The lowest BCUT2D eigenvalue weighted by molar-refractivity contribution is 0.242. The summed E-state index contributed by atoms with van der Waals surface area (Å²) in [6, 6.07) is 15.3. The molecule has 7 nitrogen and oxygen atoms in total. The number of aromatic nitrogens is 2. The van der Waals surface area contributed by atoms with Crippen LogP contribution in [0.25, 0.3) is 0 Å². The van der Waals surface area contributed by atoms with Crippen LogP contribution in [0.2, 0.25) is 0 Å². The highest BCUT2D eigenvalue weighted by atomic mass is 32.2. The Hall–Kier alpha value is -3.13. The van der Waals surface area contributed by atoms with E-state index in [1.165, 1.54) is 12.1 Å². The zero-order valence-electron chi connectivity index (χ0n) is 15.7. The van der Waals surface area contributed by atoms with E-state index in [1.54, 1.807) is 36.7 Å². The van der Waals surface area contributed by atoms with Gasteiger partial charge in [-0.25, -0.2) is 13.4 Å². The molecule has 0 amide bonds. The highest BCUT2D eigenvalue weighted by Gasteiger charge is 2.15. The number of anilines is 2. The molecular weight excluding hydrogens is 376 g/mol. The summed E-state index contributed by atoms with van der Waals surface area (Å²) in [7, 11) is -3.73. The highest BCUT2D eigenvalue weighted by molar-refractivity contribution is 7.92. The van der Waals surface area contributed by atoms with Crippen molar-refractivity contribution in [2.24, 2.45) is 0 Å². The highest BCUT2D eigenvalue weighted by Crippen LogP contribution is 2.20. The first kappa shape index (κ1) is 19.6. The van der Waals surface area contributed by atoms with Crippen molar-refractivity contribution in [3.8, 4) is 5.75 Å². The van der Waals surface area contributed by atoms with E-state index >= 15 is 0 Å². The molecule has 0 aliphatic rings. The van der Waals surface area contributed by atoms with Crippen LogP contribution in [0.4, 0.5) is 11.5 Å². The summed E-state index contributed by atoms with van der Waals surface area (Å²) >= 11 is 0. The first-order valence-corrected chi connectivity index (χ1v) is 10.3. The van der Waals surface area contributed by atoms with Gasteiger partial charge in [0.2, 0.25) is 0 Å². The second-order valence-corrected chi connectivity index (χ2v) is 8.03. The van der Waals surface area contributed by atoms with Crippen molar-refractivity contribution in [3.63, 3.8) is 0 Å². The van der Waals surface area contributed by atoms with Crippen molar-refractivity contribution in [2.75, 3.05) is 10.0 Å². The molecule has 0 aliphatic carbocycles. The Kier molecular flexibility index (Phi) is 6.10. The summed E-state index contributed by atoms with van der Waals surface area (Å²) in [5.74, 6) is 0.862. The molecule has 0 unspecified atom stereocenters. The Bertz CT molecular complexity index is 990. The summed E-state index contributed by atoms with van der Waals surface area (Å²) in [5, 5.41) is 3.19. The van der Waals surface area contributed by atoms with E-state index in [0.29, 0.717) is 12.3 Å². The number of ether oxygens (including phenoxy) is 1. The van der Waals surface area contributed by atoms with E-state index in [4.69, 9.17) is 4.74 Å². The fourth-order valence-electron chi connectivity index (χ4n) is 2.42. The monoisotopic (exact) mass is 398 g/mol. The number of rotatable bonds is 8. The topological polar surface area (TPSA) is 93.2 Å². The molecule has 28 heavy (non-hydrogen) atoms. The molecule has 0 bridgehead atoms. The van der Waals surface area contributed by atoms with E-state index < -0.39 is 10.0 Å². The van der Waals surface area contributed by atoms with Crippen molar-refractivity contribution in [1.82, 2.24) is 9.97 Å². The molecule has 0 saturated heterocycles. The van der Waals surface area contributed by atoms with Crippen LogP contribution in [0, 0.1) is 0 Å². The van der Waals surface area contributed by atoms with E-state index in [1.807, 2.05) is 32.0 Å². The van der Waals surface area contributed by atoms with E-state index in [-0.39, 0.29) is 16.8 Å². The Morgan fingerprint density at radius 1 is 1.00 bits per heavy atom. The third-order valence-corrected chi connectivity index (χ3v) is 5.08. The number of nitrogens with one attached hydrogen (secondary N) is 2. The molecule has 0 spiro atoms. The summed E-state index contributed by atoms with van der Waals surface area (Å²) in [6.07, 6.45) is 3.32. The Morgan fingerprint density at radius 2 is 1.79 bits per heavy atom. The van der Waals surface area contributed by atoms with Crippen LogP contribution >= 0.6 is 0 Å². The van der Waals surface area contributed by atoms with Crippen molar-refractivity contribution in [2.45, 2.75) is 31.4 Å². The van der Waals surface area contributed by atoms with E-state index in [9.17, 15) is 8.42 Å². The van der Waals surface area contributed by atoms with Crippen molar-refractivity contribution in [1.29, 1.82) is 0 Å². The molecule has 1 aromatic carbocycles. The van der Waals surface area contributed by atoms with Gasteiger partial charge < -0.3 is 10.1 Å². The van der Waals surface area contributed by atoms with Gasteiger partial charge in [-0.15, -0.1) is 0 Å². The molecule has 0 fully saturated rings. The molecule has 146 valence electrons. The number of pyridine rings is 2. The summed E-state index contributed by atoms with van der Waals surface area (Å²) in [5.41, 5.74) is 1.67. The van der Waals surface area contributed by atoms with Gasteiger partial charge in [0.1, 0.15) is 11.6 Å². The zero-order valence-corrected chi connectivity index (χ0v) is 16.5. The molecule has 3 aromatic rings. The summed E-state index contributed by atoms with van der Waals surface area (Å²) in [6.45, 7) is 4.37. The van der Waals surface area contributed by atoms with Gasteiger partial charge in [0.05, 0.1) is 35.1 Å². The molecule has 3 rings (SSSR count). The van der Waals surface area contributed by atoms with Crippen molar-refractivity contribution < 1.29 is 13.2 Å². The lowest BCUT2D eigenvalue weighted by Gasteiger charge is -2.11. The minimum atomic E-state index is -3.73. The third-order valence-electron chi connectivity index (χ3n) is 3.71. The lowest BCUT2D eigenvalue weighted by Crippen LogP contribution is -2.14. The van der Waals surface area contributed by atoms with Crippen LogP contribution < -0.4 is 14.8 Å². The van der Waals surface area contributed by atoms with Crippen LogP contribution in [-0.4, -0.2) is 24.5 Å². The molecule has 0 saturated carbocycles. The van der Waals surface area contributed by atoms with Crippen molar-refractivity contribution in [3.05, 3.63) is 72.7 Å². The Balaban J connectivity index is 1.62. The van der Waals surface area contributed by atoms with Crippen LogP contribution in [0.5, 0.6) is 5.75 Å². The number of benzene rings is 1. The number of hydrogen-bond acceptors (Lipinski definition) is 6. The maximum Gasteiger partial charge on any atom is 0.263 e. The fraction of sp³-hybridized carbons (Fsp3) is 0.200. The smallest absolute Gasteiger partial charge is 0.263 e. The lowest BCUT2D eigenvalue weighted by atomic mass is 10.3. The first-order valence-electron chi connectivity index (χ1n) is 8.82. The predicted molar refractivity (Wildman–Crippen MR) is 109 cm³/mol. The largest absolute Gasteiger partial charge is 0.491 e. The summed E-state index contributed by atoms with van der Waals surface area (Å²) in [4.78, 5) is 8.53. The normalized spacial score (nSPS) is 11.2. The van der Waals surface area contributed by atoms with Crippen LogP contribution in [0.3, 0.4) is 0 Å². The van der Waals surface area contributed by atoms with Gasteiger partial charge in [0.25, 0.3) is 10.0 Å². The second-order valence-electron chi connectivity index (χ2n) is 6.35. The minimum Gasteiger partial charge on any atom is -0.491 e. The number of sulfonamides is 1. The van der Waals surface area contributed by atoms with Gasteiger partial charge in [-0.3, -0.25) is 9.71 Å². The Morgan fingerprint density at radius 3 is 2.39 bits per heavy atom. The summed E-state index contributed by atoms with van der Waals surface area (Å²) < 4.78 is 33.0. The standard InChI is InChI=1S/C20H22N4O3S/c1-15(2)27-18-7-9-19(10-8-18)28(25,26)24-20-11-6-17(14-23-20)22-13-16-5-3-4-12-21-16/h3-12,14-15,22H,13H2,1-2H3,(H,23,24). The van der Waals surface area contributed by atoms with Gasteiger partial charge in [-0.05, 0) is 62.4 Å². The van der Waals surface area contributed by atoms with Crippen LogP contribution in [0.1, 0.15) is 19.5 Å². The number of nitrogens with zero attached hydrogens (tertiary/aromatic N) is 2. The maximum atomic E-state index is 12.5. The van der Waals surface area contributed by atoms with Crippen molar-refractivity contribution >= 4 is 21.5 Å². The zero-order chi connectivity index (χ0) is 20.0. The minimum absolute atomic E-state index is 0.0228. The van der Waals surface area contributed by atoms with Gasteiger partial charge >= 0.3 is 0 Å². The fourth-order valence-corrected chi connectivity index (χ4v) is 3.43. The van der Waals surface area contributed by atoms with E-state index in [2.05, 4.69) is 20.0 Å². The second kappa shape index (κ2) is 8.71. The Labute approximate surface area is 164 Å². The van der Waals surface area contributed by atoms with Gasteiger partial charge in [0.15, 0.2) is 0 Å². The maximum absolute atomic E-state index is 12.5. The predicted octanol–water partition coefficient (Wildman–Crippen LogP) is 3.68. The first-order chi connectivity index (χ1) is 13.4. The molecular formula is C20H22N4O3S. The molecule has 0 aliphatic heterocycles. The molecule has 2 N–H and O–H groups in total. The molecule has 2 heterocycles.